The van der Waals surface area contributed by atoms with Crippen LogP contribution in [0.3, 0.4) is 0 Å². The minimum absolute atomic E-state index is 0.0777. The molecule has 4 aliphatic rings. The summed E-state index contributed by atoms with van der Waals surface area (Å²) in [6.07, 6.45) is 8.86. The third-order valence-corrected chi connectivity index (χ3v) is 6.32. The lowest BCUT2D eigenvalue weighted by molar-refractivity contribution is -0.227. The van der Waals surface area contributed by atoms with Gasteiger partial charge in [0, 0.05) is 36.5 Å². The third-order valence-electron chi connectivity index (χ3n) is 6.32. The molecule has 0 radical (unpaired) electrons. The van der Waals surface area contributed by atoms with Gasteiger partial charge in [0.05, 0.1) is 17.7 Å². The van der Waals surface area contributed by atoms with Crippen LogP contribution in [-0.4, -0.2) is 33.7 Å². The quantitative estimate of drug-likeness (QED) is 0.800. The maximum Gasteiger partial charge on any atom is 0.249 e. The van der Waals surface area contributed by atoms with Crippen LogP contribution in [0.4, 0.5) is 0 Å². The van der Waals surface area contributed by atoms with E-state index in [1.165, 1.54) is 0 Å². The number of ether oxygens (including phenoxy) is 1. The number of hydrogen-bond donors (Lipinski definition) is 0. The molecule has 0 aromatic carbocycles. The van der Waals surface area contributed by atoms with E-state index in [9.17, 15) is 4.79 Å². The van der Waals surface area contributed by atoms with E-state index in [1.54, 1.807) is 5.01 Å². The second kappa shape index (κ2) is 6.12. The van der Waals surface area contributed by atoms with Gasteiger partial charge in [0.25, 0.3) is 0 Å². The van der Waals surface area contributed by atoms with Gasteiger partial charge in [-0.15, -0.1) is 0 Å². The Labute approximate surface area is 164 Å². The molecular weight excluding hydrogens is 352 g/mol. The number of aromatic nitrogens is 2. The smallest absolute Gasteiger partial charge is 0.249 e. The number of aryl methyl sites for hydroxylation is 2. The molecule has 0 saturated heterocycles. The predicted octanol–water partition coefficient (Wildman–Crippen LogP) is 3.60. The highest BCUT2D eigenvalue weighted by Crippen LogP contribution is 2.74. The molecule has 1 amide bonds. The zero-order valence-corrected chi connectivity index (χ0v) is 16.3. The number of rotatable bonds is 5. The highest BCUT2D eigenvalue weighted by molar-refractivity contribution is 5.88. The predicted molar refractivity (Wildman–Crippen MR) is 105 cm³/mol. The molecule has 144 valence electrons. The first kappa shape index (κ1) is 17.3. The van der Waals surface area contributed by atoms with Crippen molar-refractivity contribution in [2.24, 2.45) is 15.9 Å². The molecule has 1 aliphatic heterocycles. The van der Waals surface area contributed by atoms with E-state index in [2.05, 4.69) is 15.1 Å². The van der Waals surface area contributed by atoms with Crippen LogP contribution in [0.5, 0.6) is 5.88 Å². The summed E-state index contributed by atoms with van der Waals surface area (Å²) < 4.78 is 5.88. The highest BCUT2D eigenvalue weighted by Gasteiger charge is 2.73. The van der Waals surface area contributed by atoms with Crippen LogP contribution in [0.25, 0.3) is 0 Å². The van der Waals surface area contributed by atoms with Crippen LogP contribution < -0.4 is 4.74 Å². The summed E-state index contributed by atoms with van der Waals surface area (Å²) in [4.78, 5) is 22.0. The number of pyridine rings is 2. The van der Waals surface area contributed by atoms with Gasteiger partial charge < -0.3 is 4.74 Å². The van der Waals surface area contributed by atoms with Gasteiger partial charge in [-0.05, 0) is 50.3 Å². The van der Waals surface area contributed by atoms with Crippen LogP contribution in [0, 0.1) is 24.7 Å². The standard InChI is InChI=1S/C22H24N4O2/c1-15-3-5-17(23-9-15)18-7-8-25-26(18)20(27)22-11-21(12-22,13-22)14-28-19-6-4-16(2)10-24-19/h3-6,8-10,18H,7,11-14H2,1-2H3. The van der Waals surface area contributed by atoms with Crippen molar-refractivity contribution in [2.75, 3.05) is 6.61 Å². The van der Waals surface area contributed by atoms with Gasteiger partial charge in [-0.3, -0.25) is 9.78 Å². The molecule has 2 aromatic heterocycles. The Hall–Kier alpha value is -2.76. The van der Waals surface area contributed by atoms with Crippen molar-refractivity contribution in [2.45, 2.75) is 45.6 Å². The van der Waals surface area contributed by atoms with Crippen molar-refractivity contribution < 1.29 is 9.53 Å². The van der Waals surface area contributed by atoms with Crippen LogP contribution in [0.15, 0.2) is 41.8 Å². The van der Waals surface area contributed by atoms with Crippen LogP contribution in [0.1, 0.15) is 48.5 Å². The average Bonchev–Trinajstić information content (AvgIpc) is 3.11. The fourth-order valence-electron chi connectivity index (χ4n) is 4.92. The van der Waals surface area contributed by atoms with E-state index < -0.39 is 0 Å². The van der Waals surface area contributed by atoms with E-state index in [0.717, 1.165) is 42.5 Å². The lowest BCUT2D eigenvalue weighted by Gasteiger charge is -2.69. The Morgan fingerprint density at radius 2 is 1.82 bits per heavy atom. The maximum absolute atomic E-state index is 13.2. The molecule has 1 unspecified atom stereocenters. The molecule has 3 aliphatic carbocycles. The normalized spacial score (nSPS) is 29.9. The molecule has 2 bridgehead atoms. The van der Waals surface area contributed by atoms with Crippen molar-refractivity contribution in [1.82, 2.24) is 15.0 Å². The number of hydrogen-bond acceptors (Lipinski definition) is 5. The second-order valence-electron chi connectivity index (χ2n) is 8.73. The summed E-state index contributed by atoms with van der Waals surface area (Å²) >= 11 is 0. The zero-order valence-electron chi connectivity index (χ0n) is 16.3. The Balaban J connectivity index is 1.21. The summed E-state index contributed by atoms with van der Waals surface area (Å²) in [5, 5.41) is 6.06. The summed E-state index contributed by atoms with van der Waals surface area (Å²) in [5.74, 6) is 0.800. The van der Waals surface area contributed by atoms with Gasteiger partial charge in [-0.2, -0.15) is 5.10 Å². The Kier molecular flexibility index (Phi) is 3.79. The average molecular weight is 376 g/mol. The van der Waals surface area contributed by atoms with Gasteiger partial charge in [0.2, 0.25) is 11.8 Å². The summed E-state index contributed by atoms with van der Waals surface area (Å²) in [6, 6.07) is 7.86. The van der Waals surface area contributed by atoms with E-state index in [-0.39, 0.29) is 22.8 Å². The highest BCUT2D eigenvalue weighted by atomic mass is 16.5. The monoisotopic (exact) mass is 376 g/mol. The minimum Gasteiger partial charge on any atom is -0.477 e. The summed E-state index contributed by atoms with van der Waals surface area (Å²) in [6.45, 7) is 4.65. The number of amides is 1. The van der Waals surface area contributed by atoms with Gasteiger partial charge in [0.15, 0.2) is 0 Å². The zero-order chi connectivity index (χ0) is 19.4. The van der Waals surface area contributed by atoms with Gasteiger partial charge in [0.1, 0.15) is 6.04 Å². The van der Waals surface area contributed by atoms with E-state index in [4.69, 9.17) is 4.74 Å². The van der Waals surface area contributed by atoms with Crippen LogP contribution >= 0.6 is 0 Å². The molecule has 0 N–H and O–H groups in total. The first-order valence-corrected chi connectivity index (χ1v) is 9.83. The van der Waals surface area contributed by atoms with Crippen molar-refractivity contribution in [3.05, 3.63) is 53.5 Å². The first-order chi connectivity index (χ1) is 13.5. The van der Waals surface area contributed by atoms with Gasteiger partial charge in [-0.25, -0.2) is 9.99 Å². The lowest BCUT2D eigenvalue weighted by Crippen LogP contribution is -2.69. The van der Waals surface area contributed by atoms with E-state index in [0.29, 0.717) is 12.5 Å². The maximum atomic E-state index is 13.2. The molecule has 6 nitrogen and oxygen atoms in total. The van der Waals surface area contributed by atoms with E-state index in [1.807, 2.05) is 56.7 Å². The number of hydrazone groups is 1. The number of nitrogens with zero attached hydrogens (tertiary/aromatic N) is 4. The summed E-state index contributed by atoms with van der Waals surface area (Å²) in [7, 11) is 0. The molecule has 3 heterocycles. The molecular formula is C22H24N4O2. The first-order valence-electron chi connectivity index (χ1n) is 9.83. The Bertz CT molecular complexity index is 916. The van der Waals surface area contributed by atoms with Gasteiger partial charge >= 0.3 is 0 Å². The molecule has 0 spiro atoms. The molecule has 6 heteroatoms. The van der Waals surface area contributed by atoms with E-state index >= 15 is 0 Å². The van der Waals surface area contributed by atoms with Crippen molar-refractivity contribution in [1.29, 1.82) is 0 Å². The molecule has 3 saturated carbocycles. The SMILES string of the molecule is Cc1ccc(OCC23CC(C(=O)N4N=CCC4c4ccc(C)cn4)(C2)C3)nc1. The largest absolute Gasteiger partial charge is 0.477 e. The number of carbonyl (C=O) groups excluding carboxylic acids is 1. The van der Waals surface area contributed by atoms with Crippen LogP contribution in [-0.2, 0) is 4.79 Å². The summed E-state index contributed by atoms with van der Waals surface area (Å²) in [5.41, 5.74) is 3.01. The molecule has 3 fully saturated rings. The fourth-order valence-corrected chi connectivity index (χ4v) is 4.92. The second-order valence-corrected chi connectivity index (χ2v) is 8.73. The van der Waals surface area contributed by atoms with Crippen LogP contribution in [0.2, 0.25) is 0 Å². The topological polar surface area (TPSA) is 67.7 Å². The van der Waals surface area contributed by atoms with Crippen molar-refractivity contribution in [3.8, 4) is 5.88 Å². The molecule has 1 atom stereocenters. The molecule has 28 heavy (non-hydrogen) atoms. The number of carbonyl (C=O) groups is 1. The van der Waals surface area contributed by atoms with Crippen molar-refractivity contribution >= 4 is 12.1 Å². The Morgan fingerprint density at radius 1 is 1.11 bits per heavy atom. The Morgan fingerprint density at radius 3 is 2.46 bits per heavy atom. The fraction of sp³-hybridized carbons (Fsp3) is 0.455. The minimum atomic E-state index is -0.255. The van der Waals surface area contributed by atoms with Crippen molar-refractivity contribution in [3.63, 3.8) is 0 Å². The molecule has 2 aromatic rings. The third kappa shape index (κ3) is 2.70. The lowest BCUT2D eigenvalue weighted by atomic mass is 9.35. The molecule has 6 rings (SSSR count). The van der Waals surface area contributed by atoms with Gasteiger partial charge in [-0.1, -0.05) is 12.1 Å².